The summed E-state index contributed by atoms with van der Waals surface area (Å²) in [4.78, 5) is 17.9. The van der Waals surface area contributed by atoms with Crippen molar-refractivity contribution in [3.8, 4) is 17.0 Å². The van der Waals surface area contributed by atoms with Crippen molar-refractivity contribution in [3.63, 3.8) is 0 Å². The number of rotatable bonds is 6. The summed E-state index contributed by atoms with van der Waals surface area (Å²) >= 11 is 1.24. The van der Waals surface area contributed by atoms with Gasteiger partial charge < -0.3 is 4.74 Å². The summed E-state index contributed by atoms with van der Waals surface area (Å²) in [6.45, 7) is 0. The van der Waals surface area contributed by atoms with Crippen LogP contribution in [0.2, 0.25) is 0 Å². The van der Waals surface area contributed by atoms with E-state index in [1.807, 2.05) is 12.1 Å². The first kappa shape index (κ1) is 21.6. The Morgan fingerprint density at radius 2 is 1.59 bits per heavy atom. The molecular formula is C24H17F3N2O2S. The highest BCUT2D eigenvalue weighted by Crippen LogP contribution is 2.34. The van der Waals surface area contributed by atoms with Gasteiger partial charge in [-0.1, -0.05) is 12.1 Å². The molecule has 0 saturated carbocycles. The maximum Gasteiger partial charge on any atom is 0.257 e. The number of hydrogen-bond acceptors (Lipinski definition) is 4. The third kappa shape index (κ3) is 4.97. The van der Waals surface area contributed by atoms with Crippen LogP contribution in [0.3, 0.4) is 0 Å². The monoisotopic (exact) mass is 454 g/mol. The molecule has 4 nitrogen and oxygen atoms in total. The Morgan fingerprint density at radius 1 is 0.938 bits per heavy atom. The highest BCUT2D eigenvalue weighted by molar-refractivity contribution is 7.16. The molecule has 0 fully saturated rings. The van der Waals surface area contributed by atoms with Crippen molar-refractivity contribution < 1.29 is 22.7 Å². The minimum absolute atomic E-state index is 0.149. The van der Waals surface area contributed by atoms with Crippen LogP contribution in [0.25, 0.3) is 11.3 Å². The lowest BCUT2D eigenvalue weighted by molar-refractivity contribution is 0.102. The average molecular weight is 454 g/mol. The van der Waals surface area contributed by atoms with Crippen molar-refractivity contribution in [1.29, 1.82) is 0 Å². The minimum Gasteiger partial charge on any atom is -0.497 e. The molecule has 0 aliphatic heterocycles. The number of hydrogen-bond donors (Lipinski definition) is 1. The van der Waals surface area contributed by atoms with Gasteiger partial charge in [0.15, 0.2) is 5.13 Å². The zero-order chi connectivity index (χ0) is 22.7. The van der Waals surface area contributed by atoms with Crippen LogP contribution in [-0.4, -0.2) is 18.0 Å². The van der Waals surface area contributed by atoms with Gasteiger partial charge in [0.05, 0.1) is 12.8 Å². The summed E-state index contributed by atoms with van der Waals surface area (Å²) < 4.78 is 45.4. The predicted molar refractivity (Wildman–Crippen MR) is 118 cm³/mol. The first-order valence-electron chi connectivity index (χ1n) is 9.57. The third-order valence-corrected chi connectivity index (χ3v) is 5.65. The van der Waals surface area contributed by atoms with Gasteiger partial charge in [-0.3, -0.25) is 10.1 Å². The molecule has 0 unspecified atom stereocenters. The predicted octanol–water partition coefficient (Wildman–Crippen LogP) is 6.08. The molecule has 8 heteroatoms. The number of nitrogens with one attached hydrogen (secondary N) is 1. The van der Waals surface area contributed by atoms with Crippen molar-refractivity contribution in [2.45, 2.75) is 6.42 Å². The molecule has 32 heavy (non-hydrogen) atoms. The largest absolute Gasteiger partial charge is 0.497 e. The molecule has 0 spiro atoms. The number of carbonyl (C=O) groups is 1. The van der Waals surface area contributed by atoms with E-state index >= 15 is 0 Å². The number of anilines is 1. The molecule has 162 valence electrons. The second kappa shape index (κ2) is 9.23. The molecule has 1 heterocycles. The Balaban J connectivity index is 1.67. The van der Waals surface area contributed by atoms with Crippen LogP contribution < -0.4 is 10.1 Å². The van der Waals surface area contributed by atoms with Gasteiger partial charge >= 0.3 is 0 Å². The molecule has 0 aliphatic carbocycles. The van der Waals surface area contributed by atoms with Crippen LogP contribution in [0.15, 0.2) is 66.7 Å². The van der Waals surface area contributed by atoms with E-state index in [1.54, 1.807) is 31.4 Å². The second-order valence-electron chi connectivity index (χ2n) is 6.93. The van der Waals surface area contributed by atoms with Crippen molar-refractivity contribution in [2.24, 2.45) is 0 Å². The van der Waals surface area contributed by atoms with Crippen LogP contribution in [0.1, 0.15) is 20.8 Å². The van der Waals surface area contributed by atoms with Gasteiger partial charge in [0.1, 0.15) is 23.2 Å². The third-order valence-electron chi connectivity index (χ3n) is 4.68. The summed E-state index contributed by atoms with van der Waals surface area (Å²) in [7, 11) is 1.57. The van der Waals surface area contributed by atoms with Crippen molar-refractivity contribution in [3.05, 3.63) is 100 Å². The number of amides is 1. The Morgan fingerprint density at radius 3 is 2.22 bits per heavy atom. The quantitative estimate of drug-likeness (QED) is 0.384. The Labute approximate surface area is 186 Å². The molecule has 0 saturated heterocycles. The van der Waals surface area contributed by atoms with E-state index in [2.05, 4.69) is 10.3 Å². The number of halogens is 3. The van der Waals surface area contributed by atoms with E-state index in [4.69, 9.17) is 4.74 Å². The van der Waals surface area contributed by atoms with E-state index in [1.165, 1.54) is 23.5 Å². The summed E-state index contributed by atoms with van der Waals surface area (Å²) in [5.74, 6) is -2.00. The summed E-state index contributed by atoms with van der Waals surface area (Å²) in [6, 6.07) is 16.0. The molecule has 0 radical (unpaired) electrons. The lowest BCUT2D eigenvalue weighted by atomic mass is 10.1. The Hall–Kier alpha value is -3.65. The summed E-state index contributed by atoms with van der Waals surface area (Å²) in [5.41, 5.74) is 2.16. The molecule has 0 aliphatic rings. The van der Waals surface area contributed by atoms with Crippen LogP contribution >= 0.6 is 11.3 Å². The number of benzene rings is 3. The van der Waals surface area contributed by atoms with Crippen LogP contribution in [-0.2, 0) is 6.42 Å². The van der Waals surface area contributed by atoms with Crippen LogP contribution in [0, 0.1) is 17.5 Å². The smallest absolute Gasteiger partial charge is 0.257 e. The maximum absolute atomic E-state index is 13.5. The van der Waals surface area contributed by atoms with Gasteiger partial charge in [0.2, 0.25) is 0 Å². The lowest BCUT2D eigenvalue weighted by Gasteiger charge is -2.05. The fraction of sp³-hybridized carbons (Fsp3) is 0.0833. The van der Waals surface area contributed by atoms with E-state index < -0.39 is 17.5 Å². The van der Waals surface area contributed by atoms with E-state index in [0.29, 0.717) is 23.9 Å². The molecule has 4 aromatic rings. The van der Waals surface area contributed by atoms with Gasteiger partial charge in [-0.25, -0.2) is 18.2 Å². The van der Waals surface area contributed by atoms with E-state index in [9.17, 15) is 18.0 Å². The molecule has 1 aromatic heterocycles. The normalized spacial score (nSPS) is 10.8. The van der Waals surface area contributed by atoms with Crippen LogP contribution in [0.4, 0.5) is 18.3 Å². The summed E-state index contributed by atoms with van der Waals surface area (Å²) in [5, 5.41) is 2.89. The molecule has 1 amide bonds. The van der Waals surface area contributed by atoms with Gasteiger partial charge in [-0.2, -0.15) is 0 Å². The Kier molecular flexibility index (Phi) is 6.23. The molecule has 3 aromatic carbocycles. The van der Waals surface area contributed by atoms with Crippen molar-refractivity contribution in [1.82, 2.24) is 4.98 Å². The SMILES string of the molecule is COc1ccc(-c2nc(NC(=O)c3cc(F)cc(F)c3)sc2Cc2ccc(F)cc2)cc1. The maximum atomic E-state index is 13.5. The number of aromatic nitrogens is 1. The highest BCUT2D eigenvalue weighted by Gasteiger charge is 2.17. The number of nitrogens with zero attached hydrogens (tertiary/aromatic N) is 1. The fourth-order valence-corrected chi connectivity index (χ4v) is 4.15. The average Bonchev–Trinajstić information content (AvgIpc) is 3.16. The molecular weight excluding hydrogens is 437 g/mol. The highest BCUT2D eigenvalue weighted by atomic mass is 32.1. The molecule has 4 rings (SSSR count). The summed E-state index contributed by atoms with van der Waals surface area (Å²) in [6.07, 6.45) is 0.462. The number of thiazole rings is 1. The number of ether oxygens (including phenoxy) is 1. The van der Waals surface area contributed by atoms with Gasteiger partial charge in [-0.15, -0.1) is 11.3 Å². The van der Waals surface area contributed by atoms with E-state index in [0.717, 1.165) is 28.1 Å². The van der Waals surface area contributed by atoms with Gasteiger partial charge in [0.25, 0.3) is 5.91 Å². The van der Waals surface area contributed by atoms with Gasteiger partial charge in [0, 0.05) is 28.5 Å². The zero-order valence-corrected chi connectivity index (χ0v) is 17.7. The first-order valence-corrected chi connectivity index (χ1v) is 10.4. The minimum atomic E-state index is -0.842. The van der Waals surface area contributed by atoms with Crippen molar-refractivity contribution in [2.75, 3.05) is 12.4 Å². The molecule has 1 N–H and O–H groups in total. The topological polar surface area (TPSA) is 51.2 Å². The Bertz CT molecular complexity index is 1240. The van der Waals surface area contributed by atoms with Crippen LogP contribution in [0.5, 0.6) is 5.75 Å². The van der Waals surface area contributed by atoms with Crippen molar-refractivity contribution >= 4 is 22.4 Å². The number of methoxy groups -OCH3 is 1. The lowest BCUT2D eigenvalue weighted by Crippen LogP contribution is -2.12. The number of carbonyl (C=O) groups excluding carboxylic acids is 1. The fourth-order valence-electron chi connectivity index (χ4n) is 3.14. The molecule has 0 atom stereocenters. The van der Waals surface area contributed by atoms with Gasteiger partial charge in [-0.05, 0) is 54.1 Å². The second-order valence-corrected chi connectivity index (χ2v) is 8.02. The standard InChI is InChI=1S/C24H17F3N2O2S/c1-31-20-8-4-15(5-9-20)22-21(10-14-2-6-17(25)7-3-14)32-24(28-22)29-23(30)16-11-18(26)13-19(27)12-16/h2-9,11-13H,10H2,1H3,(H,28,29,30). The zero-order valence-electron chi connectivity index (χ0n) is 16.9. The molecule has 0 bridgehead atoms. The van der Waals surface area contributed by atoms with E-state index in [-0.39, 0.29) is 16.5 Å². The first-order chi connectivity index (χ1) is 15.4.